The van der Waals surface area contributed by atoms with Crippen molar-refractivity contribution in [3.05, 3.63) is 53.5 Å². The number of aryl methyl sites for hydroxylation is 2. The lowest BCUT2D eigenvalue weighted by atomic mass is 10.1. The number of nitrogens with zero attached hydrogens (tertiary/aromatic N) is 4. The normalized spacial score (nSPS) is 13.3. The third-order valence-corrected chi connectivity index (χ3v) is 4.48. The van der Waals surface area contributed by atoms with Crippen LogP contribution < -0.4 is 4.48 Å². The predicted octanol–water partition coefficient (Wildman–Crippen LogP) is 3.10. The number of likely N-dealkylation sites (N-methyl/N-ethyl adjacent to an activating group) is 2. The van der Waals surface area contributed by atoms with Gasteiger partial charge in [0, 0.05) is 30.4 Å². The maximum Gasteiger partial charge on any atom is 0.278 e. The number of carbonyl (C=O) groups is 1. The molecule has 1 aromatic heterocycles. The number of hydrogen-bond acceptors (Lipinski definition) is 3. The minimum atomic E-state index is 0.150. The van der Waals surface area contributed by atoms with Crippen LogP contribution in [0.15, 0.2) is 36.4 Å². The molecule has 0 fully saturated rings. The summed E-state index contributed by atoms with van der Waals surface area (Å²) >= 11 is 0. The summed E-state index contributed by atoms with van der Waals surface area (Å²) in [5.41, 5.74) is 2.11. The maximum atomic E-state index is 12.8. The van der Waals surface area contributed by atoms with Crippen molar-refractivity contribution in [2.75, 3.05) is 26.7 Å². The molecule has 1 amide bonds. The number of rotatable bonds is 7. The van der Waals surface area contributed by atoms with Crippen LogP contribution in [-0.4, -0.2) is 47.5 Å². The van der Waals surface area contributed by atoms with Crippen molar-refractivity contribution in [1.82, 2.24) is 19.4 Å². The Morgan fingerprint density at radius 1 is 1.08 bits per heavy atom. The number of amides is 1. The molecule has 0 aliphatic rings. The molecule has 5 nitrogen and oxygen atoms in total. The number of quaternary nitrogens is 1. The highest BCUT2D eigenvalue weighted by Crippen LogP contribution is 2.23. The molecule has 0 aliphatic heterocycles. The zero-order chi connectivity index (χ0) is 18.4. The second-order valence-corrected chi connectivity index (χ2v) is 6.68. The van der Waals surface area contributed by atoms with Crippen LogP contribution in [0.5, 0.6) is 0 Å². The maximum absolute atomic E-state index is 12.8. The van der Waals surface area contributed by atoms with E-state index in [4.69, 9.17) is 0 Å². The van der Waals surface area contributed by atoms with E-state index in [1.807, 2.05) is 56.9 Å². The van der Waals surface area contributed by atoms with Gasteiger partial charge in [0.2, 0.25) is 5.82 Å². The minimum absolute atomic E-state index is 0.150. The summed E-state index contributed by atoms with van der Waals surface area (Å²) < 4.78 is 0.434. The first-order valence-electron chi connectivity index (χ1n) is 8.87. The quantitative estimate of drug-likeness (QED) is 0.727. The Morgan fingerprint density at radius 2 is 1.72 bits per heavy atom. The zero-order valence-corrected chi connectivity index (χ0v) is 16.0. The summed E-state index contributed by atoms with van der Waals surface area (Å²) in [5.74, 6) is 1.77. The Hall–Kier alpha value is -2.27. The lowest BCUT2D eigenvalue weighted by molar-refractivity contribution is -0.131. The van der Waals surface area contributed by atoms with Crippen LogP contribution in [0.3, 0.4) is 0 Å². The van der Waals surface area contributed by atoms with Crippen LogP contribution in [-0.2, 0) is 11.3 Å². The molecule has 134 valence electrons. The summed E-state index contributed by atoms with van der Waals surface area (Å²) in [6, 6.07) is 12.3. The summed E-state index contributed by atoms with van der Waals surface area (Å²) in [6.07, 6.45) is 0. The molecule has 1 atom stereocenters. The minimum Gasteiger partial charge on any atom is -0.338 e. The van der Waals surface area contributed by atoms with E-state index >= 15 is 0 Å². The summed E-state index contributed by atoms with van der Waals surface area (Å²) in [4.78, 5) is 23.7. The van der Waals surface area contributed by atoms with Crippen molar-refractivity contribution >= 4 is 11.7 Å². The Kier molecular flexibility index (Phi) is 6.26. The van der Waals surface area contributed by atoms with Crippen LogP contribution in [0.4, 0.5) is 5.82 Å². The summed E-state index contributed by atoms with van der Waals surface area (Å²) in [5, 5.41) is 0. The van der Waals surface area contributed by atoms with Crippen LogP contribution in [0.2, 0.25) is 0 Å². The monoisotopic (exact) mass is 341 g/mol. The lowest BCUT2D eigenvalue weighted by Crippen LogP contribution is -2.52. The second-order valence-electron chi connectivity index (χ2n) is 6.68. The first-order valence-corrected chi connectivity index (χ1v) is 8.87. The highest BCUT2D eigenvalue weighted by molar-refractivity contribution is 5.80. The molecule has 0 saturated carbocycles. The van der Waals surface area contributed by atoms with Crippen molar-refractivity contribution in [3.8, 4) is 0 Å². The van der Waals surface area contributed by atoms with Gasteiger partial charge in [-0.3, -0.25) is 9.28 Å². The van der Waals surface area contributed by atoms with Crippen molar-refractivity contribution in [3.63, 3.8) is 0 Å². The van der Waals surface area contributed by atoms with E-state index in [-0.39, 0.29) is 5.91 Å². The molecule has 0 radical (unpaired) electrons. The average molecular weight is 341 g/mol. The fraction of sp³-hybridized carbons (Fsp3) is 0.450. The molecule has 0 saturated heterocycles. The largest absolute Gasteiger partial charge is 0.338 e. The van der Waals surface area contributed by atoms with Crippen LogP contribution >= 0.6 is 0 Å². The van der Waals surface area contributed by atoms with Gasteiger partial charge in [-0.05, 0) is 27.7 Å². The second kappa shape index (κ2) is 8.21. The lowest BCUT2D eigenvalue weighted by Gasteiger charge is -2.34. The zero-order valence-electron chi connectivity index (χ0n) is 16.0. The SMILES string of the molecule is CCN(CC)C(=O)C[N+](C)(Cc1ccccc1)c1cc(C)nc(C)n1. The van der Waals surface area contributed by atoms with E-state index in [1.54, 1.807) is 0 Å². The van der Waals surface area contributed by atoms with E-state index in [2.05, 4.69) is 29.1 Å². The Labute approximate surface area is 150 Å². The molecular weight excluding hydrogens is 312 g/mol. The first kappa shape index (κ1) is 19.1. The van der Waals surface area contributed by atoms with Crippen LogP contribution in [0.1, 0.15) is 30.9 Å². The fourth-order valence-electron chi connectivity index (χ4n) is 3.15. The number of carbonyl (C=O) groups excluding carboxylic acids is 1. The van der Waals surface area contributed by atoms with Gasteiger partial charge in [-0.15, -0.1) is 0 Å². The van der Waals surface area contributed by atoms with E-state index in [9.17, 15) is 4.79 Å². The summed E-state index contributed by atoms with van der Waals surface area (Å²) in [6.45, 7) is 10.4. The Balaban J connectivity index is 2.41. The van der Waals surface area contributed by atoms with Gasteiger partial charge >= 0.3 is 0 Å². The molecule has 2 aromatic rings. The van der Waals surface area contributed by atoms with E-state index in [0.29, 0.717) is 17.6 Å². The smallest absolute Gasteiger partial charge is 0.278 e. The molecule has 1 unspecified atom stereocenters. The van der Waals surface area contributed by atoms with Gasteiger partial charge in [0.05, 0.1) is 7.05 Å². The Bertz CT molecular complexity index is 693. The van der Waals surface area contributed by atoms with Gasteiger partial charge in [-0.1, -0.05) is 30.3 Å². The third kappa shape index (κ3) is 4.86. The molecule has 1 heterocycles. The van der Waals surface area contributed by atoms with E-state index in [0.717, 1.165) is 30.4 Å². The molecule has 0 aliphatic carbocycles. The van der Waals surface area contributed by atoms with Crippen molar-refractivity contribution in [2.45, 2.75) is 34.2 Å². The number of benzene rings is 1. The molecule has 5 heteroatoms. The number of hydrogen-bond donors (Lipinski definition) is 0. The number of aromatic nitrogens is 2. The third-order valence-electron chi connectivity index (χ3n) is 4.48. The van der Waals surface area contributed by atoms with Crippen molar-refractivity contribution < 1.29 is 4.79 Å². The first-order chi connectivity index (χ1) is 11.9. The fourth-order valence-corrected chi connectivity index (χ4v) is 3.15. The summed E-state index contributed by atoms with van der Waals surface area (Å²) in [7, 11) is 2.08. The predicted molar refractivity (Wildman–Crippen MR) is 102 cm³/mol. The topological polar surface area (TPSA) is 46.1 Å². The molecule has 0 N–H and O–H groups in total. The highest BCUT2D eigenvalue weighted by Gasteiger charge is 2.32. The van der Waals surface area contributed by atoms with Gasteiger partial charge in [0.15, 0.2) is 6.54 Å². The van der Waals surface area contributed by atoms with Gasteiger partial charge in [0.1, 0.15) is 12.4 Å². The van der Waals surface area contributed by atoms with Crippen LogP contribution in [0, 0.1) is 13.8 Å². The van der Waals surface area contributed by atoms with Gasteiger partial charge < -0.3 is 4.90 Å². The van der Waals surface area contributed by atoms with Gasteiger partial charge in [-0.25, -0.2) is 4.98 Å². The molecule has 25 heavy (non-hydrogen) atoms. The Morgan fingerprint density at radius 3 is 2.28 bits per heavy atom. The standard InChI is InChI=1S/C20H29N4O/c1-6-23(7-2)20(25)15-24(5,14-18-11-9-8-10-12-18)19-13-16(3)21-17(4)22-19/h8-13H,6-7,14-15H2,1-5H3/q+1. The molecular formula is C20H29N4O+. The van der Waals surface area contributed by atoms with Gasteiger partial charge in [0.25, 0.3) is 5.91 Å². The molecule has 2 rings (SSSR count). The van der Waals surface area contributed by atoms with Crippen molar-refractivity contribution in [1.29, 1.82) is 0 Å². The van der Waals surface area contributed by atoms with E-state index < -0.39 is 0 Å². The van der Waals surface area contributed by atoms with E-state index in [1.165, 1.54) is 5.56 Å². The van der Waals surface area contributed by atoms with Crippen molar-refractivity contribution in [2.24, 2.45) is 0 Å². The van der Waals surface area contributed by atoms with Gasteiger partial charge in [-0.2, -0.15) is 4.98 Å². The molecule has 0 spiro atoms. The van der Waals surface area contributed by atoms with Crippen LogP contribution in [0.25, 0.3) is 0 Å². The highest BCUT2D eigenvalue weighted by atomic mass is 16.2. The molecule has 0 bridgehead atoms. The average Bonchev–Trinajstić information content (AvgIpc) is 2.56. The molecule has 1 aromatic carbocycles.